The highest BCUT2D eigenvalue weighted by Gasteiger charge is 2.31. The Kier molecular flexibility index (Phi) is 1.75. The number of hydrogen-bond acceptors (Lipinski definition) is 4. The molecule has 3 rings (SSSR count). The molecule has 4 nitrogen and oxygen atoms in total. The van der Waals surface area contributed by atoms with Crippen molar-refractivity contribution in [2.45, 2.75) is 44.6 Å². The lowest BCUT2D eigenvalue weighted by Gasteiger charge is -2.08. The van der Waals surface area contributed by atoms with E-state index in [9.17, 15) is 0 Å². The molecule has 0 aliphatic heterocycles. The number of anilines is 1. The summed E-state index contributed by atoms with van der Waals surface area (Å²) in [5, 5.41) is 7.22. The Balaban J connectivity index is 1.63. The molecule has 0 radical (unpaired) electrons. The molecular weight excluding hydrogens is 178 g/mol. The molecule has 0 aromatic carbocycles. The summed E-state index contributed by atoms with van der Waals surface area (Å²) in [6.45, 7) is 2.19. The Hall–Kier alpha value is -1.06. The standard InChI is InChI=1S/C10H15N3O/c1-6(7-2-3-7)11-10-12-9(14-13-10)8-4-5-8/h6-8H,2-5H2,1H3,(H,11,13). The second kappa shape index (κ2) is 2.97. The van der Waals surface area contributed by atoms with Gasteiger partial charge in [0.2, 0.25) is 5.89 Å². The van der Waals surface area contributed by atoms with Gasteiger partial charge in [-0.3, -0.25) is 0 Å². The molecule has 2 fully saturated rings. The van der Waals surface area contributed by atoms with Crippen LogP contribution < -0.4 is 5.32 Å². The van der Waals surface area contributed by atoms with Gasteiger partial charge in [-0.15, -0.1) is 0 Å². The Labute approximate surface area is 83.1 Å². The van der Waals surface area contributed by atoms with Crippen LogP contribution in [0, 0.1) is 5.92 Å². The van der Waals surface area contributed by atoms with Crippen LogP contribution in [-0.4, -0.2) is 16.2 Å². The minimum atomic E-state index is 0.486. The zero-order valence-electron chi connectivity index (χ0n) is 8.36. The van der Waals surface area contributed by atoms with Crippen molar-refractivity contribution in [1.82, 2.24) is 10.1 Å². The molecule has 1 unspecified atom stereocenters. The van der Waals surface area contributed by atoms with Gasteiger partial charge in [-0.05, 0) is 43.7 Å². The summed E-state index contributed by atoms with van der Waals surface area (Å²) >= 11 is 0. The van der Waals surface area contributed by atoms with Crippen molar-refractivity contribution >= 4 is 5.95 Å². The molecule has 0 amide bonds. The summed E-state index contributed by atoms with van der Waals surface area (Å²) in [4.78, 5) is 4.33. The number of aromatic nitrogens is 2. The predicted molar refractivity (Wildman–Crippen MR) is 52.1 cm³/mol. The Morgan fingerprint density at radius 2 is 2.14 bits per heavy atom. The molecule has 2 saturated carbocycles. The molecule has 1 atom stereocenters. The van der Waals surface area contributed by atoms with Crippen LogP contribution in [0.3, 0.4) is 0 Å². The second-order valence-corrected chi connectivity index (χ2v) is 4.50. The minimum absolute atomic E-state index is 0.486. The van der Waals surface area contributed by atoms with Crippen molar-refractivity contribution in [3.63, 3.8) is 0 Å². The van der Waals surface area contributed by atoms with E-state index in [1.165, 1.54) is 25.7 Å². The number of nitrogens with zero attached hydrogens (tertiary/aromatic N) is 2. The summed E-state index contributed by atoms with van der Waals surface area (Å²) in [5.74, 6) is 2.86. The molecule has 0 spiro atoms. The first-order valence-corrected chi connectivity index (χ1v) is 5.43. The van der Waals surface area contributed by atoms with E-state index in [1.807, 2.05) is 0 Å². The van der Waals surface area contributed by atoms with Crippen molar-refractivity contribution in [1.29, 1.82) is 0 Å². The van der Waals surface area contributed by atoms with Crippen LogP contribution in [0.15, 0.2) is 4.52 Å². The van der Waals surface area contributed by atoms with Gasteiger partial charge in [0.1, 0.15) is 0 Å². The van der Waals surface area contributed by atoms with Gasteiger partial charge < -0.3 is 9.84 Å². The lowest BCUT2D eigenvalue weighted by Crippen LogP contribution is -2.18. The van der Waals surface area contributed by atoms with E-state index in [0.717, 1.165) is 11.8 Å². The molecule has 14 heavy (non-hydrogen) atoms. The minimum Gasteiger partial charge on any atom is -0.349 e. The molecule has 4 heteroatoms. The Morgan fingerprint density at radius 3 is 2.79 bits per heavy atom. The first kappa shape index (κ1) is 8.26. The van der Waals surface area contributed by atoms with Crippen LogP contribution in [0.25, 0.3) is 0 Å². The fourth-order valence-corrected chi connectivity index (χ4v) is 1.71. The van der Waals surface area contributed by atoms with E-state index < -0.39 is 0 Å². The third-order valence-corrected chi connectivity index (χ3v) is 3.05. The third-order valence-electron chi connectivity index (χ3n) is 3.05. The molecule has 1 heterocycles. The molecule has 0 saturated heterocycles. The lowest BCUT2D eigenvalue weighted by atomic mass is 10.2. The third kappa shape index (κ3) is 1.61. The molecule has 76 valence electrons. The molecule has 1 N–H and O–H groups in total. The molecule has 0 bridgehead atoms. The highest BCUT2D eigenvalue weighted by atomic mass is 16.5. The quantitative estimate of drug-likeness (QED) is 0.796. The maximum atomic E-state index is 5.17. The fraction of sp³-hybridized carbons (Fsp3) is 0.800. The molecule has 2 aliphatic rings. The summed E-state index contributed by atoms with van der Waals surface area (Å²) < 4.78 is 5.17. The first-order valence-electron chi connectivity index (χ1n) is 5.43. The fourth-order valence-electron chi connectivity index (χ4n) is 1.71. The number of nitrogens with one attached hydrogen (secondary N) is 1. The average molecular weight is 193 g/mol. The van der Waals surface area contributed by atoms with Gasteiger partial charge in [0.15, 0.2) is 0 Å². The van der Waals surface area contributed by atoms with E-state index in [1.54, 1.807) is 0 Å². The van der Waals surface area contributed by atoms with Gasteiger partial charge >= 0.3 is 0 Å². The van der Waals surface area contributed by atoms with E-state index in [2.05, 4.69) is 22.4 Å². The maximum absolute atomic E-state index is 5.17. The summed E-state index contributed by atoms with van der Waals surface area (Å²) in [7, 11) is 0. The zero-order chi connectivity index (χ0) is 9.54. The SMILES string of the molecule is CC(Nc1noc(C2CC2)n1)C1CC1. The van der Waals surface area contributed by atoms with Gasteiger partial charge in [0, 0.05) is 12.0 Å². The van der Waals surface area contributed by atoms with Crippen LogP contribution in [0.1, 0.15) is 44.4 Å². The number of rotatable bonds is 4. The lowest BCUT2D eigenvalue weighted by molar-refractivity contribution is 0.379. The van der Waals surface area contributed by atoms with Crippen molar-refractivity contribution in [2.24, 2.45) is 5.92 Å². The van der Waals surface area contributed by atoms with Crippen molar-refractivity contribution in [2.75, 3.05) is 5.32 Å². The predicted octanol–water partition coefficient (Wildman–Crippen LogP) is 2.16. The summed E-state index contributed by atoms with van der Waals surface area (Å²) in [6.07, 6.45) is 5.09. The summed E-state index contributed by atoms with van der Waals surface area (Å²) in [6, 6.07) is 0.486. The van der Waals surface area contributed by atoms with E-state index in [0.29, 0.717) is 17.9 Å². The Morgan fingerprint density at radius 1 is 1.36 bits per heavy atom. The topological polar surface area (TPSA) is 51.0 Å². The Bertz CT molecular complexity index is 328. The molecule has 1 aromatic heterocycles. The summed E-state index contributed by atoms with van der Waals surface area (Å²) in [5.41, 5.74) is 0. The number of hydrogen-bond donors (Lipinski definition) is 1. The smallest absolute Gasteiger partial charge is 0.263 e. The maximum Gasteiger partial charge on any atom is 0.263 e. The van der Waals surface area contributed by atoms with Crippen LogP contribution in [-0.2, 0) is 0 Å². The van der Waals surface area contributed by atoms with Crippen molar-refractivity contribution in [3.05, 3.63) is 5.89 Å². The average Bonchev–Trinajstić information content (AvgIpc) is 3.06. The van der Waals surface area contributed by atoms with Gasteiger partial charge in [-0.25, -0.2) is 0 Å². The molecule has 2 aliphatic carbocycles. The molecular formula is C10H15N3O. The van der Waals surface area contributed by atoms with Crippen LogP contribution >= 0.6 is 0 Å². The van der Waals surface area contributed by atoms with Gasteiger partial charge in [0.25, 0.3) is 5.95 Å². The normalized spacial score (nSPS) is 23.5. The van der Waals surface area contributed by atoms with Crippen LogP contribution in [0.5, 0.6) is 0 Å². The van der Waals surface area contributed by atoms with Crippen molar-refractivity contribution in [3.8, 4) is 0 Å². The van der Waals surface area contributed by atoms with Crippen LogP contribution in [0.2, 0.25) is 0 Å². The van der Waals surface area contributed by atoms with Gasteiger partial charge in [0.05, 0.1) is 0 Å². The van der Waals surface area contributed by atoms with E-state index in [-0.39, 0.29) is 0 Å². The van der Waals surface area contributed by atoms with Crippen molar-refractivity contribution < 1.29 is 4.52 Å². The van der Waals surface area contributed by atoms with E-state index in [4.69, 9.17) is 4.52 Å². The monoisotopic (exact) mass is 193 g/mol. The van der Waals surface area contributed by atoms with Gasteiger partial charge in [-0.1, -0.05) is 0 Å². The second-order valence-electron chi connectivity index (χ2n) is 4.50. The van der Waals surface area contributed by atoms with Crippen LogP contribution in [0.4, 0.5) is 5.95 Å². The first-order chi connectivity index (χ1) is 6.83. The largest absolute Gasteiger partial charge is 0.349 e. The zero-order valence-corrected chi connectivity index (χ0v) is 8.36. The van der Waals surface area contributed by atoms with Gasteiger partial charge in [-0.2, -0.15) is 4.98 Å². The molecule has 1 aromatic rings. The highest BCUT2D eigenvalue weighted by molar-refractivity contribution is 5.25. The van der Waals surface area contributed by atoms with E-state index >= 15 is 0 Å². The highest BCUT2D eigenvalue weighted by Crippen LogP contribution is 2.39.